The van der Waals surface area contributed by atoms with E-state index in [2.05, 4.69) is 10.6 Å². The van der Waals surface area contributed by atoms with Crippen LogP contribution in [0, 0.1) is 17.0 Å². The van der Waals surface area contributed by atoms with Gasteiger partial charge in [-0.25, -0.2) is 0 Å². The van der Waals surface area contributed by atoms with E-state index in [0.29, 0.717) is 11.3 Å². The number of anilines is 1. The normalized spacial score (nSPS) is 11.0. The van der Waals surface area contributed by atoms with E-state index in [1.807, 2.05) is 19.1 Å². The molecule has 0 aliphatic heterocycles. The highest BCUT2D eigenvalue weighted by molar-refractivity contribution is 6.34. The van der Waals surface area contributed by atoms with Crippen LogP contribution in [0.5, 0.6) is 0 Å². The maximum absolute atomic E-state index is 12.9. The largest absolute Gasteiger partial charge is 0.321 e. The molecule has 0 fully saturated rings. The third-order valence-electron chi connectivity index (χ3n) is 4.31. The van der Waals surface area contributed by atoms with Gasteiger partial charge in [0.25, 0.3) is 17.5 Å². The first-order chi connectivity index (χ1) is 14.8. The molecule has 8 heteroatoms. The van der Waals surface area contributed by atoms with Gasteiger partial charge >= 0.3 is 0 Å². The van der Waals surface area contributed by atoms with Crippen LogP contribution >= 0.6 is 11.6 Å². The van der Waals surface area contributed by atoms with E-state index < -0.39 is 16.7 Å². The van der Waals surface area contributed by atoms with Crippen molar-refractivity contribution in [3.63, 3.8) is 0 Å². The Bertz CT molecular complexity index is 1170. The minimum absolute atomic E-state index is 0.0917. The molecule has 0 heterocycles. The average molecular weight is 436 g/mol. The van der Waals surface area contributed by atoms with Crippen molar-refractivity contribution >= 4 is 40.9 Å². The van der Waals surface area contributed by atoms with Gasteiger partial charge in [0.2, 0.25) is 0 Å². The number of carbonyl (C=O) groups excluding carboxylic acids is 2. The lowest BCUT2D eigenvalue weighted by molar-refractivity contribution is -0.384. The summed E-state index contributed by atoms with van der Waals surface area (Å²) in [4.78, 5) is 36.2. The molecule has 0 saturated carbocycles. The zero-order valence-corrected chi connectivity index (χ0v) is 17.2. The summed E-state index contributed by atoms with van der Waals surface area (Å²) < 4.78 is 0. The molecule has 0 aromatic heterocycles. The Kier molecular flexibility index (Phi) is 6.79. The standard InChI is InChI=1S/C23H18ClN3O4/c1-15-9-11-17(12-10-15)25-23(29)21(14-16-5-4-6-18(13-16)27(30)31)26-22(28)19-7-2-3-8-20(19)24/h2-14H,1H3,(H,25,29)(H,26,28). The number of aryl methyl sites for hydroxylation is 1. The number of nitrogens with zero attached hydrogens (tertiary/aromatic N) is 1. The van der Waals surface area contributed by atoms with E-state index in [4.69, 9.17) is 11.6 Å². The number of nitro benzene ring substituents is 1. The van der Waals surface area contributed by atoms with Crippen molar-refractivity contribution in [3.8, 4) is 0 Å². The molecule has 3 aromatic rings. The minimum atomic E-state index is -0.587. The summed E-state index contributed by atoms with van der Waals surface area (Å²) in [5.74, 6) is -1.17. The number of nitrogens with one attached hydrogen (secondary N) is 2. The van der Waals surface area contributed by atoms with Crippen LogP contribution in [0.25, 0.3) is 6.08 Å². The average Bonchev–Trinajstić information content (AvgIpc) is 2.75. The monoisotopic (exact) mass is 435 g/mol. The number of hydrogen-bond acceptors (Lipinski definition) is 4. The number of non-ortho nitro benzene ring substituents is 1. The molecule has 156 valence electrons. The lowest BCUT2D eigenvalue weighted by atomic mass is 10.1. The van der Waals surface area contributed by atoms with Crippen molar-refractivity contribution in [3.05, 3.63) is 110 Å². The zero-order chi connectivity index (χ0) is 22.4. The van der Waals surface area contributed by atoms with Gasteiger partial charge in [0.1, 0.15) is 5.70 Å². The summed E-state index contributed by atoms with van der Waals surface area (Å²) in [6, 6.07) is 19.3. The first kappa shape index (κ1) is 21.7. The fourth-order valence-corrected chi connectivity index (χ4v) is 2.95. The molecule has 0 bridgehead atoms. The highest BCUT2D eigenvalue weighted by Gasteiger charge is 2.17. The zero-order valence-electron chi connectivity index (χ0n) is 16.5. The maximum atomic E-state index is 12.9. The van der Waals surface area contributed by atoms with E-state index in [-0.39, 0.29) is 22.0 Å². The molecular formula is C23H18ClN3O4. The topological polar surface area (TPSA) is 101 Å². The van der Waals surface area contributed by atoms with Crippen LogP contribution in [0.1, 0.15) is 21.5 Å². The van der Waals surface area contributed by atoms with Crippen molar-refractivity contribution in [2.45, 2.75) is 6.92 Å². The summed E-state index contributed by atoms with van der Waals surface area (Å²) in [7, 11) is 0. The molecule has 0 aliphatic rings. The Balaban J connectivity index is 1.94. The Hall–Kier alpha value is -3.97. The Labute approximate surface area is 183 Å². The second-order valence-electron chi connectivity index (χ2n) is 6.66. The van der Waals surface area contributed by atoms with Crippen molar-refractivity contribution in [1.29, 1.82) is 0 Å². The van der Waals surface area contributed by atoms with Crippen LogP contribution < -0.4 is 10.6 Å². The van der Waals surface area contributed by atoms with Gasteiger partial charge in [-0.3, -0.25) is 19.7 Å². The summed E-state index contributed by atoms with van der Waals surface area (Å²) in [6.07, 6.45) is 1.37. The van der Waals surface area contributed by atoms with Crippen molar-refractivity contribution in [2.75, 3.05) is 5.32 Å². The fraction of sp³-hybridized carbons (Fsp3) is 0.0435. The minimum Gasteiger partial charge on any atom is -0.321 e. The number of hydrogen-bond donors (Lipinski definition) is 2. The number of halogens is 1. The smallest absolute Gasteiger partial charge is 0.272 e. The van der Waals surface area contributed by atoms with E-state index in [1.165, 1.54) is 30.3 Å². The van der Waals surface area contributed by atoms with E-state index in [9.17, 15) is 19.7 Å². The number of carbonyl (C=O) groups is 2. The molecule has 2 N–H and O–H groups in total. The van der Waals surface area contributed by atoms with Crippen molar-refractivity contribution < 1.29 is 14.5 Å². The third-order valence-corrected chi connectivity index (χ3v) is 4.64. The van der Waals surface area contributed by atoms with Crippen LogP contribution in [-0.4, -0.2) is 16.7 Å². The van der Waals surface area contributed by atoms with Gasteiger partial charge < -0.3 is 10.6 Å². The van der Waals surface area contributed by atoms with E-state index in [1.54, 1.807) is 36.4 Å². The molecule has 31 heavy (non-hydrogen) atoms. The molecule has 2 amide bonds. The second-order valence-corrected chi connectivity index (χ2v) is 7.07. The fourth-order valence-electron chi connectivity index (χ4n) is 2.72. The van der Waals surface area contributed by atoms with Gasteiger partial charge in [-0.15, -0.1) is 0 Å². The Morgan fingerprint density at radius 2 is 1.71 bits per heavy atom. The molecular weight excluding hydrogens is 418 g/mol. The van der Waals surface area contributed by atoms with Gasteiger partial charge in [-0.1, -0.05) is 53.6 Å². The molecule has 0 radical (unpaired) electrons. The van der Waals surface area contributed by atoms with Crippen molar-refractivity contribution in [1.82, 2.24) is 5.32 Å². The summed E-state index contributed by atoms with van der Waals surface area (Å²) in [5, 5.41) is 16.6. The van der Waals surface area contributed by atoms with Gasteiger partial charge in [0.15, 0.2) is 0 Å². The van der Waals surface area contributed by atoms with Crippen LogP contribution in [0.3, 0.4) is 0 Å². The lowest BCUT2D eigenvalue weighted by Gasteiger charge is -2.12. The van der Waals surface area contributed by atoms with Gasteiger partial charge in [-0.05, 0) is 42.8 Å². The first-order valence-electron chi connectivity index (χ1n) is 9.23. The number of nitro groups is 1. The third kappa shape index (κ3) is 5.77. The molecule has 3 rings (SSSR count). The predicted octanol–water partition coefficient (Wildman–Crippen LogP) is 4.97. The van der Waals surface area contributed by atoms with Gasteiger partial charge in [0, 0.05) is 17.8 Å². The molecule has 0 aliphatic carbocycles. The number of rotatable bonds is 6. The van der Waals surface area contributed by atoms with Crippen LogP contribution in [-0.2, 0) is 4.79 Å². The second kappa shape index (κ2) is 9.69. The van der Waals surface area contributed by atoms with Crippen molar-refractivity contribution in [2.24, 2.45) is 0 Å². The highest BCUT2D eigenvalue weighted by atomic mass is 35.5. The molecule has 3 aromatic carbocycles. The number of benzene rings is 3. The van der Waals surface area contributed by atoms with Crippen LogP contribution in [0.15, 0.2) is 78.5 Å². The van der Waals surface area contributed by atoms with E-state index in [0.717, 1.165) is 5.56 Å². The Morgan fingerprint density at radius 1 is 1.00 bits per heavy atom. The molecule has 7 nitrogen and oxygen atoms in total. The summed E-state index contributed by atoms with van der Waals surface area (Å²) in [5.41, 5.74) is 1.90. The van der Waals surface area contributed by atoms with Crippen LogP contribution in [0.4, 0.5) is 11.4 Å². The van der Waals surface area contributed by atoms with Crippen LogP contribution in [0.2, 0.25) is 5.02 Å². The first-order valence-corrected chi connectivity index (χ1v) is 9.61. The maximum Gasteiger partial charge on any atom is 0.272 e. The van der Waals surface area contributed by atoms with E-state index >= 15 is 0 Å². The molecule has 0 spiro atoms. The van der Waals surface area contributed by atoms with Gasteiger partial charge in [0.05, 0.1) is 15.5 Å². The summed E-state index contributed by atoms with van der Waals surface area (Å²) >= 11 is 6.09. The number of amides is 2. The Morgan fingerprint density at radius 3 is 2.39 bits per heavy atom. The highest BCUT2D eigenvalue weighted by Crippen LogP contribution is 2.18. The SMILES string of the molecule is Cc1ccc(NC(=O)C(=Cc2cccc([N+](=O)[O-])c2)NC(=O)c2ccccc2Cl)cc1. The molecule has 0 unspecified atom stereocenters. The predicted molar refractivity (Wildman–Crippen MR) is 120 cm³/mol. The molecule has 0 saturated heterocycles. The van der Waals surface area contributed by atoms with Gasteiger partial charge in [-0.2, -0.15) is 0 Å². The quantitative estimate of drug-likeness (QED) is 0.324. The molecule has 0 atom stereocenters. The lowest BCUT2D eigenvalue weighted by Crippen LogP contribution is -2.31. The summed E-state index contributed by atoms with van der Waals surface area (Å²) in [6.45, 7) is 1.92.